The van der Waals surface area contributed by atoms with Crippen molar-refractivity contribution in [3.63, 3.8) is 0 Å². The first-order valence-corrected chi connectivity index (χ1v) is 9.41. The number of hydrogen-bond donors (Lipinski definition) is 1. The van der Waals surface area contributed by atoms with Crippen LogP contribution in [-0.2, 0) is 4.79 Å². The number of anilines is 1. The van der Waals surface area contributed by atoms with Gasteiger partial charge in [-0.3, -0.25) is 9.36 Å². The Morgan fingerprint density at radius 3 is 2.69 bits per heavy atom. The Morgan fingerprint density at radius 2 is 1.96 bits per heavy atom. The standard InChI is InChI=1S/C19H19ClN4OS/c1-12-8-9-15(10-16(12)20)24-11-21-23-19(24)26-14(3)18(25)22-17-7-5-4-6-13(17)2/h4-11,14H,1-3H3,(H,22,25). The molecular weight excluding hydrogens is 368 g/mol. The zero-order valence-electron chi connectivity index (χ0n) is 14.7. The van der Waals surface area contributed by atoms with E-state index in [2.05, 4.69) is 15.5 Å². The number of nitrogens with zero attached hydrogens (tertiary/aromatic N) is 3. The highest BCUT2D eigenvalue weighted by molar-refractivity contribution is 8.00. The van der Waals surface area contributed by atoms with Crippen molar-refractivity contribution in [2.75, 3.05) is 5.32 Å². The average molecular weight is 387 g/mol. The Kier molecular flexibility index (Phi) is 5.64. The molecule has 1 atom stereocenters. The summed E-state index contributed by atoms with van der Waals surface area (Å²) in [6.07, 6.45) is 1.62. The number of benzene rings is 2. The van der Waals surface area contributed by atoms with Crippen molar-refractivity contribution in [2.24, 2.45) is 0 Å². The van der Waals surface area contributed by atoms with Gasteiger partial charge in [0, 0.05) is 10.7 Å². The second-order valence-corrected chi connectivity index (χ2v) is 7.70. The molecule has 0 radical (unpaired) electrons. The summed E-state index contributed by atoms with van der Waals surface area (Å²) in [6.45, 7) is 5.76. The molecule has 3 aromatic rings. The number of aryl methyl sites for hydroxylation is 2. The van der Waals surface area contributed by atoms with Crippen molar-refractivity contribution >= 4 is 35.0 Å². The first-order valence-electron chi connectivity index (χ1n) is 8.15. The minimum absolute atomic E-state index is 0.0826. The number of nitrogens with one attached hydrogen (secondary N) is 1. The lowest BCUT2D eigenvalue weighted by atomic mass is 10.2. The third-order valence-corrected chi connectivity index (χ3v) is 5.47. The monoisotopic (exact) mass is 386 g/mol. The van der Waals surface area contributed by atoms with Crippen molar-refractivity contribution in [2.45, 2.75) is 31.2 Å². The normalized spacial score (nSPS) is 12.0. The van der Waals surface area contributed by atoms with Crippen LogP contribution >= 0.6 is 23.4 Å². The number of carbonyl (C=O) groups is 1. The fraction of sp³-hybridized carbons (Fsp3) is 0.211. The van der Waals surface area contributed by atoms with Gasteiger partial charge >= 0.3 is 0 Å². The van der Waals surface area contributed by atoms with Crippen molar-refractivity contribution in [1.29, 1.82) is 0 Å². The second kappa shape index (κ2) is 7.93. The minimum atomic E-state index is -0.335. The zero-order chi connectivity index (χ0) is 18.7. The molecule has 0 saturated carbocycles. The van der Waals surface area contributed by atoms with Gasteiger partial charge in [0.15, 0.2) is 5.16 Å². The van der Waals surface area contributed by atoms with E-state index in [0.717, 1.165) is 22.5 Å². The highest BCUT2D eigenvalue weighted by Crippen LogP contribution is 2.27. The molecule has 1 unspecified atom stereocenters. The SMILES string of the molecule is Cc1ccc(-n2cnnc2SC(C)C(=O)Nc2ccccc2C)cc1Cl. The lowest BCUT2D eigenvalue weighted by molar-refractivity contribution is -0.115. The second-order valence-electron chi connectivity index (χ2n) is 5.98. The number of amides is 1. The molecule has 0 spiro atoms. The van der Waals surface area contributed by atoms with Crippen LogP contribution < -0.4 is 5.32 Å². The number of aromatic nitrogens is 3. The van der Waals surface area contributed by atoms with Crippen molar-refractivity contribution < 1.29 is 4.79 Å². The van der Waals surface area contributed by atoms with Crippen LogP contribution in [0.1, 0.15) is 18.1 Å². The van der Waals surface area contributed by atoms with E-state index in [1.54, 1.807) is 6.33 Å². The molecule has 5 nitrogen and oxygen atoms in total. The van der Waals surface area contributed by atoms with E-state index in [1.165, 1.54) is 11.8 Å². The highest BCUT2D eigenvalue weighted by Gasteiger charge is 2.19. The molecule has 0 aliphatic carbocycles. The average Bonchev–Trinajstić information content (AvgIpc) is 3.07. The summed E-state index contributed by atoms with van der Waals surface area (Å²) in [6, 6.07) is 13.5. The van der Waals surface area contributed by atoms with Crippen LogP contribution in [-0.4, -0.2) is 25.9 Å². The van der Waals surface area contributed by atoms with E-state index in [-0.39, 0.29) is 11.2 Å². The summed E-state index contributed by atoms with van der Waals surface area (Å²) in [5.74, 6) is -0.0826. The van der Waals surface area contributed by atoms with Gasteiger partial charge in [0.25, 0.3) is 0 Å². The number of carbonyl (C=O) groups excluding carboxylic acids is 1. The fourth-order valence-corrected chi connectivity index (χ4v) is 3.39. The smallest absolute Gasteiger partial charge is 0.237 e. The third-order valence-electron chi connectivity index (χ3n) is 4.00. The van der Waals surface area contributed by atoms with Crippen molar-refractivity contribution in [3.8, 4) is 5.69 Å². The van der Waals surface area contributed by atoms with Crippen molar-refractivity contribution in [1.82, 2.24) is 14.8 Å². The Balaban J connectivity index is 1.75. The first-order chi connectivity index (χ1) is 12.5. The number of hydrogen-bond acceptors (Lipinski definition) is 4. The highest BCUT2D eigenvalue weighted by atomic mass is 35.5. The maximum Gasteiger partial charge on any atom is 0.237 e. The van der Waals surface area contributed by atoms with Crippen LogP contribution in [0, 0.1) is 13.8 Å². The lowest BCUT2D eigenvalue weighted by Gasteiger charge is -2.14. The van der Waals surface area contributed by atoms with E-state index in [9.17, 15) is 4.79 Å². The summed E-state index contributed by atoms with van der Waals surface area (Å²) in [5, 5.41) is 12.1. The number of para-hydroxylation sites is 1. The number of halogens is 1. The van der Waals surface area contributed by atoms with Gasteiger partial charge in [-0.15, -0.1) is 10.2 Å². The minimum Gasteiger partial charge on any atom is -0.325 e. The van der Waals surface area contributed by atoms with Crippen LogP contribution in [0.25, 0.3) is 5.69 Å². The molecule has 134 valence electrons. The zero-order valence-corrected chi connectivity index (χ0v) is 16.3. The number of rotatable bonds is 5. The summed E-state index contributed by atoms with van der Waals surface area (Å²) in [4.78, 5) is 12.5. The summed E-state index contributed by atoms with van der Waals surface area (Å²) in [7, 11) is 0. The van der Waals surface area contributed by atoms with E-state index in [0.29, 0.717) is 10.2 Å². The quantitative estimate of drug-likeness (QED) is 0.648. The maximum absolute atomic E-state index is 12.5. The number of thioether (sulfide) groups is 1. The molecule has 0 fully saturated rings. The molecular formula is C19H19ClN4OS. The molecule has 1 N–H and O–H groups in total. The molecule has 0 aliphatic heterocycles. The van der Waals surface area contributed by atoms with Gasteiger partial charge in [0.1, 0.15) is 6.33 Å². The van der Waals surface area contributed by atoms with Crippen LogP contribution in [0.2, 0.25) is 5.02 Å². The molecule has 7 heteroatoms. The van der Waals surface area contributed by atoms with Crippen LogP contribution in [0.3, 0.4) is 0 Å². The molecule has 2 aromatic carbocycles. The third kappa shape index (κ3) is 4.08. The Labute approximate surface area is 161 Å². The summed E-state index contributed by atoms with van der Waals surface area (Å²) >= 11 is 7.57. The molecule has 0 saturated heterocycles. The van der Waals surface area contributed by atoms with E-state index in [4.69, 9.17) is 11.6 Å². The van der Waals surface area contributed by atoms with Gasteiger partial charge in [0.2, 0.25) is 5.91 Å². The predicted molar refractivity (Wildman–Crippen MR) is 106 cm³/mol. The van der Waals surface area contributed by atoms with Gasteiger partial charge < -0.3 is 5.32 Å². The molecule has 1 aromatic heterocycles. The van der Waals surface area contributed by atoms with Gasteiger partial charge in [-0.05, 0) is 50.1 Å². The molecule has 1 amide bonds. The van der Waals surface area contributed by atoms with Gasteiger partial charge in [-0.1, -0.05) is 47.6 Å². The molecule has 0 aliphatic rings. The molecule has 1 heterocycles. The van der Waals surface area contributed by atoms with Crippen LogP contribution in [0.15, 0.2) is 53.9 Å². The molecule has 0 bridgehead atoms. The van der Waals surface area contributed by atoms with Gasteiger partial charge in [-0.25, -0.2) is 0 Å². The van der Waals surface area contributed by atoms with E-state index in [1.807, 2.05) is 67.8 Å². The largest absolute Gasteiger partial charge is 0.325 e. The topological polar surface area (TPSA) is 59.8 Å². The Morgan fingerprint density at radius 1 is 1.19 bits per heavy atom. The lowest BCUT2D eigenvalue weighted by Crippen LogP contribution is -2.23. The maximum atomic E-state index is 12.5. The molecule has 3 rings (SSSR count). The predicted octanol–water partition coefficient (Wildman–Crippen LogP) is 4.66. The Bertz CT molecular complexity index is 941. The van der Waals surface area contributed by atoms with Gasteiger partial charge in [-0.2, -0.15) is 0 Å². The van der Waals surface area contributed by atoms with Gasteiger partial charge in [0.05, 0.1) is 10.9 Å². The molecule has 26 heavy (non-hydrogen) atoms. The van der Waals surface area contributed by atoms with Crippen molar-refractivity contribution in [3.05, 3.63) is 64.9 Å². The van der Waals surface area contributed by atoms with Crippen LogP contribution in [0.4, 0.5) is 5.69 Å². The summed E-state index contributed by atoms with van der Waals surface area (Å²) in [5.41, 5.74) is 3.70. The van der Waals surface area contributed by atoms with E-state index >= 15 is 0 Å². The fourth-order valence-electron chi connectivity index (χ4n) is 2.37. The summed E-state index contributed by atoms with van der Waals surface area (Å²) < 4.78 is 1.83. The Hall–Kier alpha value is -2.31. The van der Waals surface area contributed by atoms with E-state index < -0.39 is 0 Å². The van der Waals surface area contributed by atoms with Crippen LogP contribution in [0.5, 0.6) is 0 Å². The first kappa shape index (κ1) is 18.5.